The average molecular weight is 326 g/mol. The highest BCUT2D eigenvalue weighted by Gasteiger charge is 2.19. The first-order valence-electron chi connectivity index (χ1n) is 5.79. The molecule has 0 unspecified atom stereocenters. The molecular weight excluding hydrogens is 317 g/mol. The summed E-state index contributed by atoms with van der Waals surface area (Å²) >= 11 is 12.0. The van der Waals surface area contributed by atoms with E-state index in [1.54, 1.807) is 18.2 Å². The molecule has 0 radical (unpaired) electrons. The Kier molecular flexibility index (Phi) is 4.77. The number of benzene rings is 1. The van der Waals surface area contributed by atoms with E-state index < -0.39 is 12.6 Å². The van der Waals surface area contributed by atoms with E-state index in [1.165, 1.54) is 18.3 Å². The summed E-state index contributed by atoms with van der Waals surface area (Å²) in [5.41, 5.74) is 0.401. The Labute approximate surface area is 130 Å². The van der Waals surface area contributed by atoms with Crippen LogP contribution in [0.3, 0.4) is 0 Å². The van der Waals surface area contributed by atoms with Crippen molar-refractivity contribution < 1.29 is 19.4 Å². The molecule has 21 heavy (non-hydrogen) atoms. The normalized spacial score (nSPS) is 10.2. The maximum Gasteiger partial charge on any atom is 0.341 e. The van der Waals surface area contributed by atoms with Crippen molar-refractivity contribution in [1.29, 1.82) is 0 Å². The van der Waals surface area contributed by atoms with Crippen molar-refractivity contribution in [3.63, 3.8) is 0 Å². The molecule has 0 saturated carbocycles. The number of hydrogen-bond acceptors (Lipinski definition) is 4. The molecule has 108 valence electrons. The molecule has 1 heterocycles. The van der Waals surface area contributed by atoms with Crippen LogP contribution >= 0.6 is 23.2 Å². The highest BCUT2D eigenvalue weighted by Crippen LogP contribution is 2.35. The van der Waals surface area contributed by atoms with Gasteiger partial charge in [0, 0.05) is 11.8 Å². The molecule has 2 rings (SSSR count). The molecule has 0 saturated heterocycles. The molecule has 1 N–H and O–H groups in total. The van der Waals surface area contributed by atoms with Gasteiger partial charge in [0.1, 0.15) is 16.5 Å². The third-order valence-electron chi connectivity index (χ3n) is 2.54. The first-order valence-corrected chi connectivity index (χ1v) is 6.54. The number of pyridine rings is 1. The predicted octanol–water partition coefficient (Wildman–Crippen LogP) is 3.08. The van der Waals surface area contributed by atoms with E-state index >= 15 is 0 Å². The minimum Gasteiger partial charge on any atom is -0.480 e. The van der Waals surface area contributed by atoms with Gasteiger partial charge in [-0.1, -0.05) is 29.3 Å². The highest BCUT2D eigenvalue weighted by atomic mass is 35.5. The van der Waals surface area contributed by atoms with E-state index in [0.29, 0.717) is 0 Å². The van der Waals surface area contributed by atoms with Crippen LogP contribution in [0.1, 0.15) is 16.1 Å². The second kappa shape index (κ2) is 6.56. The minimum absolute atomic E-state index is 0.00444. The number of ether oxygens (including phenoxy) is 1. The number of carboxylic acid groups (broad SMARTS) is 1. The van der Waals surface area contributed by atoms with Crippen LogP contribution in [0.25, 0.3) is 0 Å². The summed E-state index contributed by atoms with van der Waals surface area (Å²) in [5.74, 6) is -1.43. The third-order valence-corrected chi connectivity index (χ3v) is 3.40. The summed E-state index contributed by atoms with van der Waals surface area (Å²) in [6, 6.07) is 7.74. The number of ketones is 1. The topological polar surface area (TPSA) is 76.5 Å². The van der Waals surface area contributed by atoms with Crippen molar-refractivity contribution in [2.24, 2.45) is 0 Å². The Balaban J connectivity index is 2.32. The van der Waals surface area contributed by atoms with Gasteiger partial charge >= 0.3 is 5.97 Å². The Hall–Kier alpha value is -2.11. The largest absolute Gasteiger partial charge is 0.480 e. The molecule has 0 amide bonds. The van der Waals surface area contributed by atoms with Gasteiger partial charge in [-0.2, -0.15) is 0 Å². The summed E-state index contributed by atoms with van der Waals surface area (Å²) in [4.78, 5) is 26.7. The maximum atomic E-state index is 12.3. The van der Waals surface area contributed by atoms with E-state index in [4.69, 9.17) is 33.0 Å². The molecule has 1 aromatic carbocycles. The van der Waals surface area contributed by atoms with E-state index in [-0.39, 0.29) is 32.8 Å². The zero-order valence-electron chi connectivity index (χ0n) is 10.5. The quantitative estimate of drug-likeness (QED) is 0.855. The Morgan fingerprint density at radius 3 is 2.52 bits per heavy atom. The Morgan fingerprint density at radius 2 is 1.90 bits per heavy atom. The van der Waals surface area contributed by atoms with Gasteiger partial charge in [0.15, 0.2) is 6.61 Å². The molecule has 2 aromatic rings. The molecule has 0 bridgehead atoms. The number of carboxylic acids is 1. The number of nitrogens with zero attached hydrogens (tertiary/aromatic N) is 1. The second-order valence-corrected chi connectivity index (χ2v) is 4.72. The van der Waals surface area contributed by atoms with Crippen LogP contribution in [0.15, 0.2) is 36.5 Å². The number of halogens is 2. The summed E-state index contributed by atoms with van der Waals surface area (Å²) < 4.78 is 4.98. The standard InChI is InChI=1S/C14H9Cl2NO4/c15-12-8(14(20)9-3-1-2-6-17-9)4-5-10(13(12)16)21-7-11(18)19/h1-6H,7H2,(H,18,19). The molecule has 0 aliphatic carbocycles. The number of rotatable bonds is 5. The smallest absolute Gasteiger partial charge is 0.341 e. The van der Waals surface area contributed by atoms with Gasteiger partial charge < -0.3 is 9.84 Å². The Bertz CT molecular complexity index is 689. The number of aromatic nitrogens is 1. The van der Waals surface area contributed by atoms with Crippen LogP contribution in [0.4, 0.5) is 0 Å². The van der Waals surface area contributed by atoms with Crippen molar-refractivity contribution in [2.45, 2.75) is 0 Å². The van der Waals surface area contributed by atoms with Crippen molar-refractivity contribution in [2.75, 3.05) is 6.61 Å². The van der Waals surface area contributed by atoms with Crippen molar-refractivity contribution in [3.05, 3.63) is 57.8 Å². The summed E-state index contributed by atoms with van der Waals surface area (Å²) in [6.45, 7) is -0.552. The monoisotopic (exact) mass is 325 g/mol. The summed E-state index contributed by atoms with van der Waals surface area (Å²) in [7, 11) is 0. The molecule has 0 aliphatic heterocycles. The third kappa shape index (κ3) is 3.51. The molecule has 0 fully saturated rings. The fourth-order valence-corrected chi connectivity index (χ4v) is 2.05. The molecule has 0 spiro atoms. The summed E-state index contributed by atoms with van der Waals surface area (Å²) in [6.07, 6.45) is 1.49. The molecule has 0 aliphatic rings. The number of carbonyl (C=O) groups is 2. The van der Waals surface area contributed by atoms with Crippen LogP contribution in [0, 0.1) is 0 Å². The fourth-order valence-electron chi connectivity index (χ4n) is 1.59. The zero-order chi connectivity index (χ0) is 15.4. The van der Waals surface area contributed by atoms with Gasteiger partial charge in [-0.3, -0.25) is 9.78 Å². The molecule has 7 heteroatoms. The number of aliphatic carboxylic acids is 1. The lowest BCUT2D eigenvalue weighted by Gasteiger charge is -2.10. The van der Waals surface area contributed by atoms with Crippen LogP contribution < -0.4 is 4.74 Å². The predicted molar refractivity (Wildman–Crippen MR) is 77.3 cm³/mol. The van der Waals surface area contributed by atoms with Crippen molar-refractivity contribution >= 4 is 35.0 Å². The van der Waals surface area contributed by atoms with E-state index in [0.717, 1.165) is 0 Å². The lowest BCUT2D eigenvalue weighted by atomic mass is 10.1. The highest BCUT2D eigenvalue weighted by molar-refractivity contribution is 6.45. The Morgan fingerprint density at radius 1 is 1.14 bits per heavy atom. The zero-order valence-corrected chi connectivity index (χ0v) is 12.1. The molecule has 5 nitrogen and oxygen atoms in total. The molecular formula is C14H9Cl2NO4. The van der Waals surface area contributed by atoms with Gasteiger partial charge in [0.25, 0.3) is 0 Å². The van der Waals surface area contributed by atoms with Gasteiger partial charge in [0.05, 0.1) is 5.02 Å². The van der Waals surface area contributed by atoms with Crippen LogP contribution in [-0.4, -0.2) is 28.4 Å². The maximum absolute atomic E-state index is 12.3. The minimum atomic E-state index is -1.14. The first kappa shape index (κ1) is 15.3. The SMILES string of the molecule is O=C(O)COc1ccc(C(=O)c2ccccn2)c(Cl)c1Cl. The molecule has 0 atom stereocenters. The number of hydrogen-bond donors (Lipinski definition) is 1. The van der Waals surface area contributed by atoms with Gasteiger partial charge in [-0.15, -0.1) is 0 Å². The fraction of sp³-hybridized carbons (Fsp3) is 0.0714. The summed E-state index contributed by atoms with van der Waals surface area (Å²) in [5, 5.41) is 8.54. The first-order chi connectivity index (χ1) is 10.0. The van der Waals surface area contributed by atoms with E-state index in [2.05, 4.69) is 4.98 Å². The van der Waals surface area contributed by atoms with Gasteiger partial charge in [0.2, 0.25) is 5.78 Å². The molecule has 1 aromatic heterocycles. The van der Waals surface area contributed by atoms with Crippen LogP contribution in [0.2, 0.25) is 10.0 Å². The van der Waals surface area contributed by atoms with E-state index in [1.807, 2.05) is 0 Å². The van der Waals surface area contributed by atoms with Crippen LogP contribution in [0.5, 0.6) is 5.75 Å². The number of carbonyl (C=O) groups excluding carboxylic acids is 1. The van der Waals surface area contributed by atoms with Crippen molar-refractivity contribution in [3.8, 4) is 5.75 Å². The van der Waals surface area contributed by atoms with Gasteiger partial charge in [-0.25, -0.2) is 4.79 Å². The van der Waals surface area contributed by atoms with E-state index in [9.17, 15) is 9.59 Å². The lowest BCUT2D eigenvalue weighted by Crippen LogP contribution is -2.10. The van der Waals surface area contributed by atoms with Gasteiger partial charge in [-0.05, 0) is 24.3 Å². The average Bonchev–Trinajstić information content (AvgIpc) is 2.49. The lowest BCUT2D eigenvalue weighted by molar-refractivity contribution is -0.139. The van der Waals surface area contributed by atoms with Crippen LogP contribution in [-0.2, 0) is 4.79 Å². The van der Waals surface area contributed by atoms with Crippen molar-refractivity contribution in [1.82, 2.24) is 4.98 Å². The second-order valence-electron chi connectivity index (χ2n) is 3.97.